The highest BCUT2D eigenvalue weighted by Crippen LogP contribution is 2.26. The maximum Gasteiger partial charge on any atom is 0.254 e. The number of amides is 1. The van der Waals surface area contributed by atoms with Crippen LogP contribution in [-0.4, -0.2) is 49.1 Å². The van der Waals surface area contributed by atoms with E-state index in [1.54, 1.807) is 30.2 Å². The largest absolute Gasteiger partial charge is 0.496 e. The van der Waals surface area contributed by atoms with Gasteiger partial charge in [-0.3, -0.25) is 4.79 Å². The molecule has 20 heavy (non-hydrogen) atoms. The van der Waals surface area contributed by atoms with Gasteiger partial charge >= 0.3 is 0 Å². The fourth-order valence-electron chi connectivity index (χ4n) is 2.28. The van der Waals surface area contributed by atoms with E-state index in [1.807, 2.05) is 6.92 Å². The standard InChI is InChI=1S/C14H17BrClNO3/c1-9-7-17(8-11(6-16)20-9)14(18)10-3-4-13(19-2)12(15)5-10/h3-5,9,11H,6-8H2,1-2H3. The van der Waals surface area contributed by atoms with Gasteiger partial charge in [-0.15, -0.1) is 11.6 Å². The molecule has 1 heterocycles. The average Bonchev–Trinajstić information content (AvgIpc) is 2.45. The van der Waals surface area contributed by atoms with Crippen LogP contribution in [0, 0.1) is 0 Å². The van der Waals surface area contributed by atoms with Crippen molar-refractivity contribution >= 4 is 33.4 Å². The molecule has 0 bridgehead atoms. The summed E-state index contributed by atoms with van der Waals surface area (Å²) in [7, 11) is 1.59. The lowest BCUT2D eigenvalue weighted by molar-refractivity contribution is -0.0570. The van der Waals surface area contributed by atoms with Gasteiger partial charge in [-0.1, -0.05) is 0 Å². The Balaban J connectivity index is 2.16. The lowest BCUT2D eigenvalue weighted by atomic mass is 10.1. The number of carbonyl (C=O) groups is 1. The van der Waals surface area contributed by atoms with Gasteiger partial charge in [0, 0.05) is 18.7 Å². The summed E-state index contributed by atoms with van der Waals surface area (Å²) in [4.78, 5) is 14.3. The molecule has 0 spiro atoms. The predicted octanol–water partition coefficient (Wildman–Crippen LogP) is 2.93. The number of benzene rings is 1. The average molecular weight is 363 g/mol. The highest BCUT2D eigenvalue weighted by atomic mass is 79.9. The molecular weight excluding hydrogens is 346 g/mol. The van der Waals surface area contributed by atoms with Crippen LogP contribution in [0.5, 0.6) is 5.75 Å². The van der Waals surface area contributed by atoms with Gasteiger partial charge in [-0.25, -0.2) is 0 Å². The smallest absolute Gasteiger partial charge is 0.254 e. The Morgan fingerprint density at radius 1 is 1.55 bits per heavy atom. The molecule has 1 aromatic carbocycles. The van der Waals surface area contributed by atoms with Crippen molar-refractivity contribution in [2.24, 2.45) is 0 Å². The number of rotatable bonds is 3. The van der Waals surface area contributed by atoms with Gasteiger partial charge < -0.3 is 14.4 Å². The topological polar surface area (TPSA) is 38.8 Å². The highest BCUT2D eigenvalue weighted by Gasteiger charge is 2.28. The SMILES string of the molecule is COc1ccc(C(=O)N2CC(C)OC(CCl)C2)cc1Br. The zero-order valence-electron chi connectivity index (χ0n) is 11.4. The third-order valence-corrected chi connectivity index (χ3v) is 4.15. The summed E-state index contributed by atoms with van der Waals surface area (Å²) in [5.41, 5.74) is 0.625. The number of nitrogens with zero attached hydrogens (tertiary/aromatic N) is 1. The number of ether oxygens (including phenoxy) is 2. The van der Waals surface area contributed by atoms with E-state index in [9.17, 15) is 4.79 Å². The number of methoxy groups -OCH3 is 1. The van der Waals surface area contributed by atoms with Crippen LogP contribution in [0.25, 0.3) is 0 Å². The van der Waals surface area contributed by atoms with Crippen molar-refractivity contribution in [1.29, 1.82) is 0 Å². The van der Waals surface area contributed by atoms with Gasteiger partial charge in [0.05, 0.1) is 29.7 Å². The minimum absolute atomic E-state index is 0.00172. The molecule has 4 nitrogen and oxygen atoms in total. The zero-order valence-corrected chi connectivity index (χ0v) is 13.8. The van der Waals surface area contributed by atoms with Crippen molar-refractivity contribution in [3.05, 3.63) is 28.2 Å². The fourth-order valence-corrected chi connectivity index (χ4v) is 2.99. The van der Waals surface area contributed by atoms with Gasteiger partial charge in [0.2, 0.25) is 0 Å². The highest BCUT2D eigenvalue weighted by molar-refractivity contribution is 9.10. The minimum atomic E-state index is -0.106. The van der Waals surface area contributed by atoms with E-state index >= 15 is 0 Å². The number of hydrogen-bond acceptors (Lipinski definition) is 3. The van der Waals surface area contributed by atoms with Gasteiger partial charge in [0.15, 0.2) is 0 Å². The Morgan fingerprint density at radius 2 is 2.30 bits per heavy atom. The molecule has 0 aromatic heterocycles. The Bertz CT molecular complexity index is 497. The zero-order chi connectivity index (χ0) is 14.7. The van der Waals surface area contributed by atoms with Crippen LogP contribution in [-0.2, 0) is 4.74 Å². The molecule has 1 aromatic rings. The maximum atomic E-state index is 12.5. The van der Waals surface area contributed by atoms with E-state index in [2.05, 4.69) is 15.9 Å². The summed E-state index contributed by atoms with van der Waals surface area (Å²) in [5.74, 6) is 1.08. The molecule has 6 heteroatoms. The van der Waals surface area contributed by atoms with Crippen LogP contribution in [0.15, 0.2) is 22.7 Å². The number of alkyl halides is 1. The first-order valence-electron chi connectivity index (χ1n) is 6.39. The second-order valence-corrected chi connectivity index (χ2v) is 5.95. The molecular formula is C14H17BrClNO3. The van der Waals surface area contributed by atoms with Crippen molar-refractivity contribution in [3.8, 4) is 5.75 Å². The monoisotopic (exact) mass is 361 g/mol. The molecule has 2 unspecified atom stereocenters. The lowest BCUT2D eigenvalue weighted by Gasteiger charge is -2.36. The van der Waals surface area contributed by atoms with Crippen LogP contribution in [0.2, 0.25) is 0 Å². The van der Waals surface area contributed by atoms with Crippen molar-refractivity contribution < 1.29 is 14.3 Å². The third-order valence-electron chi connectivity index (χ3n) is 3.18. The van der Waals surface area contributed by atoms with Gasteiger partial charge in [-0.05, 0) is 41.1 Å². The number of halogens is 2. The van der Waals surface area contributed by atoms with E-state index in [4.69, 9.17) is 21.1 Å². The van der Waals surface area contributed by atoms with E-state index < -0.39 is 0 Å². The van der Waals surface area contributed by atoms with Gasteiger partial charge in [0.25, 0.3) is 5.91 Å². The van der Waals surface area contributed by atoms with Crippen molar-refractivity contribution in [3.63, 3.8) is 0 Å². The molecule has 1 aliphatic rings. The summed E-state index contributed by atoms with van der Waals surface area (Å²) in [6, 6.07) is 5.32. The molecule has 1 fully saturated rings. The normalized spacial score (nSPS) is 22.7. The third kappa shape index (κ3) is 3.45. The van der Waals surface area contributed by atoms with E-state index in [-0.39, 0.29) is 18.1 Å². The molecule has 1 saturated heterocycles. The quantitative estimate of drug-likeness (QED) is 0.776. The molecule has 1 aliphatic heterocycles. The molecule has 1 amide bonds. The summed E-state index contributed by atoms with van der Waals surface area (Å²) < 4.78 is 11.6. The molecule has 110 valence electrons. The van der Waals surface area contributed by atoms with Gasteiger partial charge in [0.1, 0.15) is 5.75 Å². The number of hydrogen-bond donors (Lipinski definition) is 0. The maximum absolute atomic E-state index is 12.5. The van der Waals surface area contributed by atoms with E-state index in [0.717, 1.165) is 4.47 Å². The molecule has 0 saturated carbocycles. The first-order valence-corrected chi connectivity index (χ1v) is 7.72. The molecule has 0 aliphatic carbocycles. The summed E-state index contributed by atoms with van der Waals surface area (Å²) in [6.45, 7) is 3.05. The van der Waals surface area contributed by atoms with Gasteiger partial charge in [-0.2, -0.15) is 0 Å². The molecule has 2 atom stereocenters. The number of morpholine rings is 1. The summed E-state index contributed by atoms with van der Waals surface area (Å²) in [5, 5.41) is 0. The van der Waals surface area contributed by atoms with Crippen molar-refractivity contribution in [2.45, 2.75) is 19.1 Å². The Kier molecular flexibility index (Phi) is 5.29. The van der Waals surface area contributed by atoms with Crippen LogP contribution >= 0.6 is 27.5 Å². The predicted molar refractivity (Wildman–Crippen MR) is 81.7 cm³/mol. The Hall–Kier alpha value is -0.780. The summed E-state index contributed by atoms with van der Waals surface area (Å²) >= 11 is 9.23. The van der Waals surface area contributed by atoms with Crippen LogP contribution in [0.4, 0.5) is 0 Å². The molecule has 2 rings (SSSR count). The fraction of sp³-hybridized carbons (Fsp3) is 0.500. The molecule has 0 radical (unpaired) electrons. The van der Waals surface area contributed by atoms with Crippen LogP contribution < -0.4 is 4.74 Å². The lowest BCUT2D eigenvalue weighted by Crippen LogP contribution is -2.49. The van der Waals surface area contributed by atoms with Crippen molar-refractivity contribution in [2.75, 3.05) is 26.1 Å². The Morgan fingerprint density at radius 3 is 2.90 bits per heavy atom. The minimum Gasteiger partial charge on any atom is -0.496 e. The second kappa shape index (κ2) is 6.78. The van der Waals surface area contributed by atoms with Crippen LogP contribution in [0.3, 0.4) is 0 Å². The van der Waals surface area contributed by atoms with E-state index in [1.165, 1.54) is 0 Å². The van der Waals surface area contributed by atoms with Crippen molar-refractivity contribution in [1.82, 2.24) is 4.90 Å². The molecule has 0 N–H and O–H groups in total. The summed E-state index contributed by atoms with van der Waals surface area (Å²) in [6.07, 6.45) is -0.107. The first-order chi connectivity index (χ1) is 9.55. The first kappa shape index (κ1) is 15.6. The van der Waals surface area contributed by atoms with Crippen LogP contribution in [0.1, 0.15) is 17.3 Å². The van der Waals surface area contributed by atoms with E-state index in [0.29, 0.717) is 30.3 Å². The number of carbonyl (C=O) groups excluding carboxylic acids is 1. The Labute approximate surface area is 132 Å². The second-order valence-electron chi connectivity index (χ2n) is 4.78.